The van der Waals surface area contributed by atoms with Crippen molar-refractivity contribution in [2.75, 3.05) is 46.7 Å². The van der Waals surface area contributed by atoms with E-state index in [1.807, 2.05) is 24.0 Å². The highest BCUT2D eigenvalue weighted by Gasteiger charge is 2.26. The van der Waals surface area contributed by atoms with Gasteiger partial charge in [0, 0.05) is 32.7 Å². The summed E-state index contributed by atoms with van der Waals surface area (Å²) < 4.78 is 35.4. The summed E-state index contributed by atoms with van der Waals surface area (Å²) in [4.78, 5) is 14.6. The van der Waals surface area contributed by atoms with Gasteiger partial charge in [0.25, 0.3) is 0 Å². The number of ether oxygens (including phenoxy) is 2. The zero-order chi connectivity index (χ0) is 20.0. The van der Waals surface area contributed by atoms with Gasteiger partial charge in [-0.25, -0.2) is 12.7 Å². The molecule has 0 aromatic heterocycles. The fourth-order valence-corrected chi connectivity index (χ4v) is 4.00. The molecule has 1 aliphatic rings. The smallest absolute Gasteiger partial charge is 0.237 e. The summed E-state index contributed by atoms with van der Waals surface area (Å²) in [5.74, 6) is 1.17. The lowest BCUT2D eigenvalue weighted by Gasteiger charge is -2.26. The van der Waals surface area contributed by atoms with Gasteiger partial charge in [-0.1, -0.05) is 6.07 Å². The topological polar surface area (TPSA) is 88.2 Å². The van der Waals surface area contributed by atoms with Gasteiger partial charge in [0.1, 0.15) is 0 Å². The Kier molecular flexibility index (Phi) is 7.46. The van der Waals surface area contributed by atoms with Crippen LogP contribution in [0.25, 0.3) is 0 Å². The molecular weight excluding hydrogens is 370 g/mol. The normalized spacial score (nSPS) is 17.8. The number of hydrogen-bond acceptors (Lipinski definition) is 6. The quantitative estimate of drug-likeness (QED) is 0.725. The maximum Gasteiger partial charge on any atom is 0.237 e. The molecular formula is C18H29N3O5S. The molecule has 0 radical (unpaired) electrons. The predicted octanol–water partition coefficient (Wildman–Crippen LogP) is 0.676. The number of amides is 1. The van der Waals surface area contributed by atoms with Crippen LogP contribution in [0.4, 0.5) is 0 Å². The lowest BCUT2D eigenvalue weighted by Crippen LogP contribution is -2.46. The molecule has 0 spiro atoms. The van der Waals surface area contributed by atoms with Crippen LogP contribution in [-0.4, -0.2) is 76.2 Å². The van der Waals surface area contributed by atoms with E-state index in [-0.39, 0.29) is 11.9 Å². The number of carbonyl (C=O) groups excluding carboxylic acids is 1. The second-order valence-corrected chi connectivity index (χ2v) is 8.62. The molecule has 2 rings (SSSR count). The number of methoxy groups -OCH3 is 2. The van der Waals surface area contributed by atoms with Crippen LogP contribution in [0.15, 0.2) is 18.2 Å². The molecule has 1 aromatic carbocycles. The second-order valence-electron chi connectivity index (χ2n) is 6.63. The molecule has 0 aliphatic carbocycles. The van der Waals surface area contributed by atoms with E-state index in [9.17, 15) is 13.2 Å². The number of nitrogens with one attached hydrogen (secondary N) is 1. The van der Waals surface area contributed by atoms with Gasteiger partial charge in [-0.2, -0.15) is 0 Å². The average Bonchev–Trinajstić information content (AvgIpc) is 2.91. The van der Waals surface area contributed by atoms with Crippen LogP contribution < -0.4 is 14.8 Å². The van der Waals surface area contributed by atoms with Gasteiger partial charge in [0.2, 0.25) is 15.9 Å². The Hall–Kier alpha value is -1.84. The van der Waals surface area contributed by atoms with Gasteiger partial charge >= 0.3 is 0 Å². The number of sulfonamides is 1. The van der Waals surface area contributed by atoms with Crippen LogP contribution in [0, 0.1) is 0 Å². The number of benzene rings is 1. The first kappa shape index (κ1) is 21.5. The van der Waals surface area contributed by atoms with Crippen molar-refractivity contribution in [1.82, 2.24) is 14.5 Å². The zero-order valence-electron chi connectivity index (χ0n) is 16.4. The number of nitrogens with zero attached hydrogens (tertiary/aromatic N) is 2. The summed E-state index contributed by atoms with van der Waals surface area (Å²) in [5.41, 5.74) is 0.910. The largest absolute Gasteiger partial charge is 0.493 e. The highest BCUT2D eigenvalue weighted by Crippen LogP contribution is 2.27. The average molecular weight is 400 g/mol. The van der Waals surface area contributed by atoms with Crippen LogP contribution >= 0.6 is 0 Å². The SMILES string of the molecule is COc1ccc(CNC(=O)C(C)N2CCCN(S(C)(=O)=O)CC2)cc1OC. The number of hydrogen-bond donors (Lipinski definition) is 1. The van der Waals surface area contributed by atoms with E-state index >= 15 is 0 Å². The van der Waals surface area contributed by atoms with Crippen LogP contribution in [0.3, 0.4) is 0 Å². The monoisotopic (exact) mass is 399 g/mol. The first-order valence-corrected chi connectivity index (χ1v) is 10.8. The summed E-state index contributed by atoms with van der Waals surface area (Å²) in [6, 6.07) is 5.19. The molecule has 8 nitrogen and oxygen atoms in total. The Balaban J connectivity index is 1.92. The summed E-state index contributed by atoms with van der Waals surface area (Å²) in [6.07, 6.45) is 1.93. The second kappa shape index (κ2) is 9.38. The first-order valence-electron chi connectivity index (χ1n) is 8.94. The molecule has 27 heavy (non-hydrogen) atoms. The first-order chi connectivity index (χ1) is 12.8. The summed E-state index contributed by atoms with van der Waals surface area (Å²) in [5, 5.41) is 2.94. The van der Waals surface area contributed by atoms with Crippen LogP contribution in [0.1, 0.15) is 18.9 Å². The van der Waals surface area contributed by atoms with E-state index in [0.29, 0.717) is 50.6 Å². The van der Waals surface area contributed by atoms with E-state index in [2.05, 4.69) is 5.32 Å². The number of carbonyl (C=O) groups is 1. The zero-order valence-corrected chi connectivity index (χ0v) is 17.2. The third kappa shape index (κ3) is 5.82. The van der Waals surface area contributed by atoms with Gasteiger partial charge in [-0.15, -0.1) is 0 Å². The Morgan fingerprint density at radius 1 is 1.15 bits per heavy atom. The van der Waals surface area contributed by atoms with Gasteiger partial charge in [0.05, 0.1) is 26.5 Å². The summed E-state index contributed by atoms with van der Waals surface area (Å²) in [7, 11) is -0.0459. The van der Waals surface area contributed by atoms with Crippen molar-refractivity contribution in [3.63, 3.8) is 0 Å². The molecule has 1 amide bonds. The van der Waals surface area contributed by atoms with Gasteiger partial charge in [-0.05, 0) is 31.0 Å². The molecule has 1 N–H and O–H groups in total. The molecule has 1 saturated heterocycles. The highest BCUT2D eigenvalue weighted by atomic mass is 32.2. The van der Waals surface area contributed by atoms with E-state index in [1.54, 1.807) is 20.3 Å². The maximum atomic E-state index is 12.5. The molecule has 0 saturated carbocycles. The number of rotatable bonds is 7. The minimum atomic E-state index is -3.19. The van der Waals surface area contributed by atoms with Crippen molar-refractivity contribution in [3.8, 4) is 11.5 Å². The fourth-order valence-electron chi connectivity index (χ4n) is 3.13. The Morgan fingerprint density at radius 2 is 1.85 bits per heavy atom. The molecule has 1 fully saturated rings. The Labute approximate surface area is 161 Å². The predicted molar refractivity (Wildman–Crippen MR) is 103 cm³/mol. The van der Waals surface area contributed by atoms with Crippen LogP contribution in [0.5, 0.6) is 11.5 Å². The molecule has 9 heteroatoms. The molecule has 0 bridgehead atoms. The minimum absolute atomic E-state index is 0.0856. The van der Waals surface area contributed by atoms with Crippen molar-refractivity contribution in [3.05, 3.63) is 23.8 Å². The van der Waals surface area contributed by atoms with Crippen molar-refractivity contribution < 1.29 is 22.7 Å². The lowest BCUT2D eigenvalue weighted by molar-refractivity contribution is -0.126. The van der Waals surface area contributed by atoms with Crippen LogP contribution in [0.2, 0.25) is 0 Å². The minimum Gasteiger partial charge on any atom is -0.493 e. The molecule has 1 aromatic rings. The maximum absolute atomic E-state index is 12.5. The van der Waals surface area contributed by atoms with E-state index < -0.39 is 10.0 Å². The summed E-state index contributed by atoms with van der Waals surface area (Å²) >= 11 is 0. The van der Waals surface area contributed by atoms with Gasteiger partial charge in [-0.3, -0.25) is 9.69 Å². The third-order valence-electron chi connectivity index (χ3n) is 4.80. The van der Waals surface area contributed by atoms with E-state index in [0.717, 1.165) is 5.56 Å². The van der Waals surface area contributed by atoms with E-state index in [1.165, 1.54) is 10.6 Å². The Bertz CT molecular complexity index is 753. The molecule has 152 valence electrons. The van der Waals surface area contributed by atoms with Crippen molar-refractivity contribution in [2.24, 2.45) is 0 Å². The van der Waals surface area contributed by atoms with E-state index in [4.69, 9.17) is 9.47 Å². The van der Waals surface area contributed by atoms with Crippen molar-refractivity contribution in [2.45, 2.75) is 25.9 Å². The van der Waals surface area contributed by atoms with Crippen LogP contribution in [-0.2, 0) is 21.4 Å². The Morgan fingerprint density at radius 3 is 2.48 bits per heavy atom. The summed E-state index contributed by atoms with van der Waals surface area (Å²) in [6.45, 7) is 4.36. The highest BCUT2D eigenvalue weighted by molar-refractivity contribution is 7.88. The van der Waals surface area contributed by atoms with Gasteiger partial charge in [0.15, 0.2) is 11.5 Å². The standard InChI is InChI=1S/C18H29N3O5S/c1-14(20-8-5-9-21(11-10-20)27(4,23)24)18(22)19-13-15-6-7-16(25-2)17(12-15)26-3/h6-7,12,14H,5,8-11,13H2,1-4H3,(H,19,22). The van der Waals surface area contributed by atoms with Crippen molar-refractivity contribution >= 4 is 15.9 Å². The van der Waals surface area contributed by atoms with Gasteiger partial charge < -0.3 is 14.8 Å². The molecule has 1 heterocycles. The van der Waals surface area contributed by atoms with Crippen molar-refractivity contribution in [1.29, 1.82) is 0 Å². The lowest BCUT2D eigenvalue weighted by atomic mass is 10.2. The molecule has 1 aliphatic heterocycles. The fraction of sp³-hybridized carbons (Fsp3) is 0.611. The molecule has 1 atom stereocenters. The molecule has 1 unspecified atom stereocenters. The third-order valence-corrected chi connectivity index (χ3v) is 6.10.